The summed E-state index contributed by atoms with van der Waals surface area (Å²) in [5, 5.41) is 13.7. The summed E-state index contributed by atoms with van der Waals surface area (Å²) in [6, 6.07) is 13.1. The normalized spacial score (nSPS) is 10.3. The Bertz CT molecular complexity index is 987. The van der Waals surface area contributed by atoms with Crippen molar-refractivity contribution in [3.05, 3.63) is 66.1 Å². The number of rotatable bonds is 7. The molecule has 0 aliphatic rings. The lowest BCUT2D eigenvalue weighted by Crippen LogP contribution is -2.15. The lowest BCUT2D eigenvalue weighted by Gasteiger charge is -2.06. The van der Waals surface area contributed by atoms with Crippen molar-refractivity contribution in [2.45, 2.75) is 11.9 Å². The number of Topliss-reactive ketones (excluding diaryl/α,β-unsaturated/α-hetero) is 1. The molecule has 142 valence electrons. The zero-order valence-corrected chi connectivity index (χ0v) is 15.7. The number of anilines is 2. The minimum Gasteiger partial charge on any atom is -0.459 e. The van der Waals surface area contributed by atoms with Gasteiger partial charge in [0.1, 0.15) is 5.03 Å². The fourth-order valence-electron chi connectivity index (χ4n) is 2.20. The van der Waals surface area contributed by atoms with E-state index in [2.05, 4.69) is 20.8 Å². The van der Waals surface area contributed by atoms with Crippen molar-refractivity contribution in [1.82, 2.24) is 10.2 Å². The van der Waals surface area contributed by atoms with Crippen LogP contribution in [0.1, 0.15) is 27.8 Å². The highest BCUT2D eigenvalue weighted by molar-refractivity contribution is 7.99. The average molecular weight is 396 g/mol. The van der Waals surface area contributed by atoms with Gasteiger partial charge in [0.25, 0.3) is 5.91 Å². The topological polar surface area (TPSA) is 114 Å². The maximum atomic E-state index is 12.1. The number of amides is 2. The first-order chi connectivity index (χ1) is 13.5. The molecular formula is C19H16N4O4S. The Morgan fingerprint density at radius 3 is 2.57 bits per heavy atom. The van der Waals surface area contributed by atoms with Crippen molar-refractivity contribution in [2.24, 2.45) is 0 Å². The quantitative estimate of drug-likeness (QED) is 0.465. The van der Waals surface area contributed by atoms with Crippen LogP contribution >= 0.6 is 11.8 Å². The van der Waals surface area contributed by atoms with Crippen molar-refractivity contribution in [2.75, 3.05) is 16.4 Å². The zero-order valence-electron chi connectivity index (χ0n) is 14.8. The Labute approximate surface area is 164 Å². The van der Waals surface area contributed by atoms with Gasteiger partial charge in [-0.05, 0) is 43.3 Å². The molecule has 2 N–H and O–H groups in total. The van der Waals surface area contributed by atoms with Crippen LogP contribution in [0.25, 0.3) is 0 Å². The highest BCUT2D eigenvalue weighted by Gasteiger charge is 2.11. The molecule has 1 aromatic carbocycles. The van der Waals surface area contributed by atoms with Crippen molar-refractivity contribution in [3.8, 4) is 0 Å². The Morgan fingerprint density at radius 2 is 1.89 bits per heavy atom. The predicted molar refractivity (Wildman–Crippen MR) is 104 cm³/mol. The third-order valence-corrected chi connectivity index (χ3v) is 4.45. The molecule has 0 aliphatic carbocycles. The fraction of sp³-hybridized carbons (Fsp3) is 0.105. The molecule has 0 fully saturated rings. The van der Waals surface area contributed by atoms with Gasteiger partial charge < -0.3 is 15.1 Å². The molecule has 9 heteroatoms. The van der Waals surface area contributed by atoms with E-state index in [0.29, 0.717) is 16.3 Å². The van der Waals surface area contributed by atoms with Crippen LogP contribution in [0.15, 0.2) is 64.2 Å². The molecule has 0 radical (unpaired) electrons. The Hall–Kier alpha value is -3.46. The molecule has 3 aromatic rings. The van der Waals surface area contributed by atoms with Crippen LogP contribution in [-0.2, 0) is 4.79 Å². The highest BCUT2D eigenvalue weighted by atomic mass is 32.2. The first-order valence-corrected chi connectivity index (χ1v) is 9.22. The second-order valence-electron chi connectivity index (χ2n) is 5.66. The maximum absolute atomic E-state index is 12.1. The molecule has 2 aromatic heterocycles. The lowest BCUT2D eigenvalue weighted by molar-refractivity contribution is -0.113. The molecule has 2 amide bonds. The van der Waals surface area contributed by atoms with Gasteiger partial charge >= 0.3 is 0 Å². The minimum absolute atomic E-state index is 0.0695. The van der Waals surface area contributed by atoms with E-state index in [9.17, 15) is 14.4 Å². The van der Waals surface area contributed by atoms with Gasteiger partial charge in [0.15, 0.2) is 17.4 Å². The fourth-order valence-corrected chi connectivity index (χ4v) is 2.82. The van der Waals surface area contributed by atoms with E-state index in [0.717, 1.165) is 0 Å². The van der Waals surface area contributed by atoms with E-state index in [4.69, 9.17) is 4.42 Å². The van der Waals surface area contributed by atoms with Gasteiger partial charge in [-0.3, -0.25) is 14.4 Å². The third-order valence-electron chi connectivity index (χ3n) is 3.53. The summed E-state index contributed by atoms with van der Waals surface area (Å²) < 4.78 is 5.00. The SMILES string of the molecule is CC(=O)c1cccc(NC(=O)CSc2ccc(NC(=O)c3ccco3)nn2)c1. The molecule has 0 bridgehead atoms. The van der Waals surface area contributed by atoms with Crippen LogP contribution in [0.4, 0.5) is 11.5 Å². The standard InChI is InChI=1S/C19H16N4O4S/c1-12(24)13-4-2-5-14(10-13)20-17(25)11-28-18-8-7-16(22-23-18)21-19(26)15-6-3-9-27-15/h2-10H,11H2,1H3,(H,20,25)(H,21,22,26). The van der Waals surface area contributed by atoms with Crippen LogP contribution in [0.3, 0.4) is 0 Å². The van der Waals surface area contributed by atoms with Gasteiger partial charge in [-0.2, -0.15) is 0 Å². The van der Waals surface area contributed by atoms with E-state index in [1.165, 1.54) is 31.0 Å². The van der Waals surface area contributed by atoms with Crippen LogP contribution in [-0.4, -0.2) is 33.5 Å². The lowest BCUT2D eigenvalue weighted by atomic mass is 10.1. The number of benzene rings is 1. The molecule has 0 atom stereocenters. The summed E-state index contributed by atoms with van der Waals surface area (Å²) >= 11 is 1.20. The van der Waals surface area contributed by atoms with Gasteiger partial charge in [0, 0.05) is 11.3 Å². The predicted octanol–water partition coefficient (Wildman–Crippen LogP) is 3.26. The number of aromatic nitrogens is 2. The van der Waals surface area contributed by atoms with Gasteiger partial charge in [0.2, 0.25) is 5.91 Å². The zero-order chi connectivity index (χ0) is 19.9. The van der Waals surface area contributed by atoms with Gasteiger partial charge in [-0.25, -0.2) is 0 Å². The van der Waals surface area contributed by atoms with Crippen molar-refractivity contribution in [3.63, 3.8) is 0 Å². The smallest absolute Gasteiger partial charge is 0.292 e. The molecule has 0 aliphatic heterocycles. The van der Waals surface area contributed by atoms with E-state index >= 15 is 0 Å². The maximum Gasteiger partial charge on any atom is 0.292 e. The number of carbonyl (C=O) groups excluding carboxylic acids is 3. The number of carbonyl (C=O) groups is 3. The Balaban J connectivity index is 1.50. The van der Waals surface area contributed by atoms with E-state index < -0.39 is 5.91 Å². The third kappa shape index (κ3) is 5.27. The second kappa shape index (κ2) is 8.96. The molecule has 0 spiro atoms. The average Bonchev–Trinajstić information content (AvgIpc) is 3.23. The number of hydrogen-bond acceptors (Lipinski definition) is 7. The summed E-state index contributed by atoms with van der Waals surface area (Å²) in [4.78, 5) is 35.3. The largest absolute Gasteiger partial charge is 0.459 e. The van der Waals surface area contributed by atoms with E-state index in [1.54, 1.807) is 42.5 Å². The molecule has 3 rings (SSSR count). The second-order valence-corrected chi connectivity index (χ2v) is 6.66. The van der Waals surface area contributed by atoms with E-state index in [1.807, 2.05) is 0 Å². The number of ketones is 1. The summed E-state index contributed by atoms with van der Waals surface area (Å²) in [5.41, 5.74) is 1.09. The van der Waals surface area contributed by atoms with Gasteiger partial charge in [0.05, 0.1) is 12.0 Å². The molecule has 28 heavy (non-hydrogen) atoms. The first kappa shape index (κ1) is 19.3. The molecule has 0 unspecified atom stereocenters. The van der Waals surface area contributed by atoms with Crippen molar-refractivity contribution in [1.29, 1.82) is 0 Å². The van der Waals surface area contributed by atoms with Crippen molar-refractivity contribution >= 4 is 40.9 Å². The van der Waals surface area contributed by atoms with Crippen LogP contribution in [0, 0.1) is 0 Å². The summed E-state index contributed by atoms with van der Waals surface area (Å²) in [5.74, 6) is -0.159. The molecule has 0 saturated carbocycles. The minimum atomic E-state index is -0.424. The first-order valence-electron chi connectivity index (χ1n) is 8.23. The Kier molecular flexibility index (Phi) is 6.18. The summed E-state index contributed by atoms with van der Waals surface area (Å²) in [6.45, 7) is 1.47. The van der Waals surface area contributed by atoms with Gasteiger partial charge in [-0.15, -0.1) is 10.2 Å². The van der Waals surface area contributed by atoms with Gasteiger partial charge in [-0.1, -0.05) is 23.9 Å². The molecule has 0 saturated heterocycles. The Morgan fingerprint density at radius 1 is 1.04 bits per heavy atom. The molecule has 8 nitrogen and oxygen atoms in total. The number of furan rings is 1. The molecule has 2 heterocycles. The monoisotopic (exact) mass is 396 g/mol. The van der Waals surface area contributed by atoms with Crippen molar-refractivity contribution < 1.29 is 18.8 Å². The summed E-state index contributed by atoms with van der Waals surface area (Å²) in [6.07, 6.45) is 1.40. The number of nitrogens with one attached hydrogen (secondary N) is 2. The van der Waals surface area contributed by atoms with E-state index in [-0.39, 0.29) is 29.0 Å². The molecular weight excluding hydrogens is 380 g/mol. The summed E-state index contributed by atoms with van der Waals surface area (Å²) in [7, 11) is 0. The number of hydrogen-bond donors (Lipinski definition) is 2. The van der Waals surface area contributed by atoms with Crippen LogP contribution < -0.4 is 10.6 Å². The number of thioether (sulfide) groups is 1. The highest BCUT2D eigenvalue weighted by Crippen LogP contribution is 2.17. The van der Waals surface area contributed by atoms with Crippen LogP contribution in [0.5, 0.6) is 0 Å². The number of nitrogens with zero attached hydrogens (tertiary/aromatic N) is 2. The van der Waals surface area contributed by atoms with Crippen LogP contribution in [0.2, 0.25) is 0 Å².